The van der Waals surface area contributed by atoms with Crippen molar-refractivity contribution >= 4 is 11.9 Å². The van der Waals surface area contributed by atoms with Gasteiger partial charge in [0.25, 0.3) is 0 Å². The maximum absolute atomic E-state index is 12.8. The van der Waals surface area contributed by atoms with Crippen LogP contribution in [0.25, 0.3) is 0 Å². The zero-order valence-electron chi connectivity index (χ0n) is 18.0. The molecule has 5 aliphatic rings. The molecule has 0 bridgehead atoms. The Bertz CT molecular complexity index is 689. The lowest BCUT2D eigenvalue weighted by atomic mass is 9.53. The van der Waals surface area contributed by atoms with E-state index in [1.807, 2.05) is 6.92 Å². The summed E-state index contributed by atoms with van der Waals surface area (Å²) < 4.78 is 17.6. The zero-order valence-corrected chi connectivity index (χ0v) is 18.0. The minimum absolute atomic E-state index is 0.00277. The van der Waals surface area contributed by atoms with Crippen LogP contribution in [0, 0.1) is 29.1 Å². The Labute approximate surface area is 173 Å². The van der Waals surface area contributed by atoms with Crippen molar-refractivity contribution < 1.29 is 23.8 Å². The van der Waals surface area contributed by atoms with Crippen LogP contribution in [0.4, 0.5) is 0 Å². The summed E-state index contributed by atoms with van der Waals surface area (Å²) in [6, 6.07) is 0. The van der Waals surface area contributed by atoms with Gasteiger partial charge < -0.3 is 19.1 Å². The lowest BCUT2D eigenvalue weighted by Crippen LogP contribution is -2.54. The summed E-state index contributed by atoms with van der Waals surface area (Å²) in [5, 5.41) is 0. The first-order valence-corrected chi connectivity index (χ1v) is 11.7. The molecule has 2 aliphatic carbocycles. The second-order valence-electron chi connectivity index (χ2n) is 10.4. The monoisotopic (exact) mass is 405 g/mol. The standard InChI is InChI=1S/C23H35NO5/c1-4-27-20(25)15-7-10-24(11-8-15)13-16-18-17(28-21(16)26)12-22(3)9-5-6-14(2)23(22)19(18)29-23/h14-19H,4-13H2,1-3H3/t14-,16+,17+,18+,19+,22+,23+/m0/s1. The summed E-state index contributed by atoms with van der Waals surface area (Å²) in [5.41, 5.74) is 0.110. The van der Waals surface area contributed by atoms with Gasteiger partial charge in [-0.3, -0.25) is 9.59 Å². The van der Waals surface area contributed by atoms with E-state index in [2.05, 4.69) is 18.7 Å². The second-order valence-corrected chi connectivity index (χ2v) is 10.4. The largest absolute Gasteiger partial charge is 0.466 e. The van der Waals surface area contributed by atoms with E-state index in [4.69, 9.17) is 14.2 Å². The number of likely N-dealkylation sites (tertiary alicyclic amines) is 1. The van der Waals surface area contributed by atoms with Crippen molar-refractivity contribution in [2.45, 2.75) is 77.1 Å². The number of ether oxygens (including phenoxy) is 3. The van der Waals surface area contributed by atoms with Gasteiger partial charge in [-0.25, -0.2) is 0 Å². The molecule has 0 aromatic carbocycles. The van der Waals surface area contributed by atoms with E-state index >= 15 is 0 Å². The van der Waals surface area contributed by atoms with Crippen LogP contribution in [-0.2, 0) is 23.8 Å². The number of hydrogen-bond acceptors (Lipinski definition) is 6. The number of hydrogen-bond donors (Lipinski definition) is 0. The quantitative estimate of drug-likeness (QED) is 0.529. The number of carbonyl (C=O) groups is 2. The summed E-state index contributed by atoms with van der Waals surface area (Å²) in [4.78, 5) is 27.2. The molecule has 0 radical (unpaired) electrons. The maximum atomic E-state index is 12.8. The normalized spacial score (nSPS) is 47.0. The third-order valence-corrected chi connectivity index (χ3v) is 8.86. The minimum atomic E-state index is -0.0952. The van der Waals surface area contributed by atoms with E-state index in [1.165, 1.54) is 19.3 Å². The smallest absolute Gasteiger partial charge is 0.311 e. The van der Waals surface area contributed by atoms with Crippen molar-refractivity contribution in [3.05, 3.63) is 0 Å². The fourth-order valence-electron chi connectivity index (χ4n) is 7.33. The zero-order chi connectivity index (χ0) is 20.4. The average molecular weight is 406 g/mol. The predicted octanol–water partition coefficient (Wildman–Crippen LogP) is 2.79. The highest BCUT2D eigenvalue weighted by molar-refractivity contribution is 5.76. The van der Waals surface area contributed by atoms with Gasteiger partial charge in [0.15, 0.2) is 0 Å². The number of piperidine rings is 1. The Morgan fingerprint density at radius 3 is 2.76 bits per heavy atom. The lowest BCUT2D eigenvalue weighted by molar-refractivity contribution is -0.150. The summed E-state index contributed by atoms with van der Waals surface area (Å²) in [7, 11) is 0. The van der Waals surface area contributed by atoms with Gasteiger partial charge in [-0.05, 0) is 58.0 Å². The molecule has 1 spiro atoms. The Morgan fingerprint density at radius 2 is 2.03 bits per heavy atom. The van der Waals surface area contributed by atoms with Gasteiger partial charge in [0, 0.05) is 17.9 Å². The summed E-state index contributed by atoms with van der Waals surface area (Å²) >= 11 is 0. The van der Waals surface area contributed by atoms with E-state index in [0.29, 0.717) is 12.5 Å². The van der Waals surface area contributed by atoms with Gasteiger partial charge in [0.1, 0.15) is 11.7 Å². The first-order valence-electron chi connectivity index (χ1n) is 11.7. The fraction of sp³-hybridized carbons (Fsp3) is 0.913. The number of fused-ring (bicyclic) bond motifs is 2. The van der Waals surface area contributed by atoms with Gasteiger partial charge in [0.05, 0.1) is 24.5 Å². The fourth-order valence-corrected chi connectivity index (χ4v) is 7.33. The summed E-state index contributed by atoms with van der Waals surface area (Å²) in [6.07, 6.45) is 6.42. The number of rotatable bonds is 4. The number of carbonyl (C=O) groups excluding carboxylic acids is 2. The van der Waals surface area contributed by atoms with Crippen molar-refractivity contribution in [2.24, 2.45) is 29.1 Å². The van der Waals surface area contributed by atoms with E-state index in [-0.39, 0.29) is 52.9 Å². The second kappa shape index (κ2) is 6.94. The molecule has 7 atom stereocenters. The highest BCUT2D eigenvalue weighted by Gasteiger charge is 2.78. The van der Waals surface area contributed by atoms with E-state index < -0.39 is 0 Å². The first kappa shape index (κ1) is 19.8. The molecular weight excluding hydrogens is 370 g/mol. The van der Waals surface area contributed by atoms with Crippen LogP contribution >= 0.6 is 0 Å². The van der Waals surface area contributed by atoms with Crippen molar-refractivity contribution in [2.75, 3.05) is 26.2 Å². The topological polar surface area (TPSA) is 68.4 Å². The Kier molecular flexibility index (Phi) is 4.74. The molecule has 3 heterocycles. The van der Waals surface area contributed by atoms with Crippen molar-refractivity contribution in [1.82, 2.24) is 4.90 Å². The third-order valence-electron chi connectivity index (χ3n) is 8.86. The van der Waals surface area contributed by atoms with Crippen molar-refractivity contribution in [3.8, 4) is 0 Å². The van der Waals surface area contributed by atoms with Crippen LogP contribution in [0.15, 0.2) is 0 Å². The van der Waals surface area contributed by atoms with E-state index in [1.54, 1.807) is 0 Å². The van der Waals surface area contributed by atoms with Gasteiger partial charge in [-0.15, -0.1) is 0 Å². The van der Waals surface area contributed by atoms with Crippen LogP contribution < -0.4 is 0 Å². The molecule has 6 nitrogen and oxygen atoms in total. The molecule has 6 heteroatoms. The molecule has 3 aliphatic heterocycles. The van der Waals surface area contributed by atoms with Gasteiger partial charge in [-0.1, -0.05) is 20.3 Å². The first-order chi connectivity index (χ1) is 13.9. The van der Waals surface area contributed by atoms with E-state index in [0.717, 1.165) is 38.9 Å². The van der Waals surface area contributed by atoms with Crippen LogP contribution in [-0.4, -0.2) is 60.9 Å². The lowest BCUT2D eigenvalue weighted by Gasteiger charge is -2.49. The number of nitrogens with zero attached hydrogens (tertiary/aromatic N) is 1. The minimum Gasteiger partial charge on any atom is -0.466 e. The third kappa shape index (κ3) is 2.88. The van der Waals surface area contributed by atoms with Crippen LogP contribution in [0.3, 0.4) is 0 Å². The molecule has 0 aromatic heterocycles. The number of epoxide rings is 1. The molecule has 5 fully saturated rings. The average Bonchev–Trinajstić information content (AvgIpc) is 3.37. The van der Waals surface area contributed by atoms with Gasteiger partial charge in [0.2, 0.25) is 0 Å². The van der Waals surface area contributed by atoms with Crippen LogP contribution in [0.2, 0.25) is 0 Å². The molecule has 3 saturated heterocycles. The molecule has 2 saturated carbocycles. The van der Waals surface area contributed by atoms with Gasteiger partial charge in [-0.2, -0.15) is 0 Å². The summed E-state index contributed by atoms with van der Waals surface area (Å²) in [6.45, 7) is 9.41. The van der Waals surface area contributed by atoms with E-state index in [9.17, 15) is 9.59 Å². The molecule has 0 N–H and O–H groups in total. The Hall–Kier alpha value is -1.14. The molecule has 0 aromatic rings. The highest BCUT2D eigenvalue weighted by atomic mass is 16.6. The highest BCUT2D eigenvalue weighted by Crippen LogP contribution is 2.70. The van der Waals surface area contributed by atoms with Gasteiger partial charge >= 0.3 is 11.9 Å². The van der Waals surface area contributed by atoms with Crippen molar-refractivity contribution in [1.29, 1.82) is 0 Å². The Morgan fingerprint density at radius 1 is 1.28 bits per heavy atom. The molecular formula is C23H35NO5. The van der Waals surface area contributed by atoms with Crippen LogP contribution in [0.5, 0.6) is 0 Å². The SMILES string of the molecule is CCOC(=O)C1CCN(C[C@H]2C(=O)O[C@@H]3C[C@@]4(C)CCC[C@H](C)[C@]45O[C@@H]5[C@@H]32)CC1. The molecule has 5 rings (SSSR count). The molecule has 0 amide bonds. The van der Waals surface area contributed by atoms with Crippen LogP contribution in [0.1, 0.15) is 59.3 Å². The van der Waals surface area contributed by atoms with Crippen molar-refractivity contribution in [3.63, 3.8) is 0 Å². The Balaban J connectivity index is 1.26. The molecule has 29 heavy (non-hydrogen) atoms. The molecule has 0 unspecified atom stereocenters. The maximum Gasteiger partial charge on any atom is 0.311 e. The summed E-state index contributed by atoms with van der Waals surface area (Å²) in [5.74, 6) is 0.555. The predicted molar refractivity (Wildman–Crippen MR) is 106 cm³/mol. The number of esters is 2. The molecule has 162 valence electrons.